The summed E-state index contributed by atoms with van der Waals surface area (Å²) in [4.78, 5) is 0. The SMILES string of the molecule is CC(C)(C)c1cc2c(cc1-c1ccccc1)Cc1c-2cc(C(C)(C)C)c(-c2ccccc2)[c]1[Zr]([C]1=CC=CC1)=[C](c1ccc(C(F)(F)F)cc1)c1ccc(C(F)(F)F)cc1. The molecule has 0 bridgehead atoms. The molecule has 6 aromatic carbocycles. The Morgan fingerprint density at radius 3 is 1.50 bits per heavy atom. The van der Waals surface area contributed by atoms with Crippen LogP contribution in [0.15, 0.2) is 149 Å². The normalized spacial score (nSPS) is 13.9. The summed E-state index contributed by atoms with van der Waals surface area (Å²) in [5.74, 6) is 0. The van der Waals surface area contributed by atoms with Crippen LogP contribution in [0.1, 0.15) is 92.5 Å². The van der Waals surface area contributed by atoms with Crippen LogP contribution in [0.3, 0.4) is 0 Å². The van der Waals surface area contributed by atoms with E-state index >= 15 is 0 Å². The number of rotatable bonds is 6. The fourth-order valence-corrected chi connectivity index (χ4v) is 17.3. The molecule has 0 heterocycles. The summed E-state index contributed by atoms with van der Waals surface area (Å²) in [5, 5.41) is 0. The van der Waals surface area contributed by atoms with Crippen molar-refractivity contribution < 1.29 is 47.6 Å². The first kappa shape index (κ1) is 41.8. The molecule has 0 aliphatic heterocycles. The van der Waals surface area contributed by atoms with Crippen molar-refractivity contribution in [3.8, 4) is 33.4 Å². The van der Waals surface area contributed by atoms with Crippen LogP contribution < -0.4 is 3.27 Å². The number of benzene rings is 6. The molecule has 2 aliphatic rings. The molecule has 0 aromatic heterocycles. The predicted octanol–water partition coefficient (Wildman–Crippen LogP) is 14.6. The van der Waals surface area contributed by atoms with Crippen molar-refractivity contribution in [2.75, 3.05) is 0 Å². The van der Waals surface area contributed by atoms with E-state index in [2.05, 4.69) is 108 Å². The van der Waals surface area contributed by atoms with Crippen LogP contribution in [0, 0.1) is 0 Å². The Morgan fingerprint density at radius 2 is 1.03 bits per heavy atom. The topological polar surface area (TPSA) is 0 Å². The molecule has 0 atom stereocenters. The van der Waals surface area contributed by atoms with Gasteiger partial charge in [0.05, 0.1) is 0 Å². The van der Waals surface area contributed by atoms with Crippen LogP contribution in [-0.4, -0.2) is 3.21 Å². The van der Waals surface area contributed by atoms with Gasteiger partial charge >= 0.3 is 358 Å². The van der Waals surface area contributed by atoms with Gasteiger partial charge in [0.25, 0.3) is 0 Å². The monoisotopic (exact) mass is 886 g/mol. The Hall–Kier alpha value is -4.87. The maximum atomic E-state index is 14.1. The van der Waals surface area contributed by atoms with Gasteiger partial charge in [0.15, 0.2) is 0 Å². The van der Waals surface area contributed by atoms with Crippen LogP contribution in [0.5, 0.6) is 0 Å². The number of halogens is 6. The second kappa shape index (κ2) is 15.6. The number of hydrogen-bond donors (Lipinski definition) is 0. The zero-order valence-electron chi connectivity index (χ0n) is 34.5. The summed E-state index contributed by atoms with van der Waals surface area (Å²) >= 11 is -3.70. The molecule has 0 spiro atoms. The molecule has 304 valence electrons. The van der Waals surface area contributed by atoms with E-state index in [0.29, 0.717) is 24.0 Å². The van der Waals surface area contributed by atoms with E-state index in [4.69, 9.17) is 0 Å². The number of fused-ring (bicyclic) bond motifs is 3. The molecule has 0 saturated heterocycles. The molecule has 7 heteroatoms. The third-order valence-electron chi connectivity index (χ3n) is 11.7. The molecule has 6 aromatic rings. The molecule has 60 heavy (non-hydrogen) atoms. The molecule has 0 amide bonds. The molecular weight excluding hydrogens is 842 g/mol. The Bertz CT molecular complexity index is 2620. The van der Waals surface area contributed by atoms with Gasteiger partial charge in [0.2, 0.25) is 0 Å². The van der Waals surface area contributed by atoms with Crippen molar-refractivity contribution in [1.82, 2.24) is 0 Å². The van der Waals surface area contributed by atoms with Gasteiger partial charge < -0.3 is 0 Å². The maximum absolute atomic E-state index is 14.1. The van der Waals surface area contributed by atoms with Gasteiger partial charge in [0.1, 0.15) is 0 Å². The van der Waals surface area contributed by atoms with E-state index < -0.39 is 44.7 Å². The van der Waals surface area contributed by atoms with E-state index in [1.165, 1.54) is 58.6 Å². The average molecular weight is 888 g/mol. The summed E-state index contributed by atoms with van der Waals surface area (Å²) in [6.45, 7) is 13.4. The van der Waals surface area contributed by atoms with Gasteiger partial charge in [-0.3, -0.25) is 0 Å². The predicted molar refractivity (Wildman–Crippen MR) is 231 cm³/mol. The summed E-state index contributed by atoms with van der Waals surface area (Å²) in [7, 11) is 0. The van der Waals surface area contributed by atoms with E-state index in [9.17, 15) is 26.3 Å². The standard InChI is InChI=1S/C33H33.C15H8F6.C5H5.Zr/c1-32(2,3)30-20-26-24(18-28(30)22-13-9-7-10-14-22)17-25-19-29(23-15-11-8-12-16-23)31(21-27(25)26)33(4,5)6;16-14(17,18)12-5-1-10(2-6-12)9-11-3-7-13(8-4-11)15(19,20)21;1-2-4-5-3-1;/h7-16,18,20-21H,17H2,1-6H3;1-8H;1-3H,4H2;. The fourth-order valence-electron chi connectivity index (χ4n) is 8.81. The van der Waals surface area contributed by atoms with Gasteiger partial charge in [-0.2, -0.15) is 0 Å². The van der Waals surface area contributed by atoms with Crippen LogP contribution in [0.2, 0.25) is 0 Å². The zero-order chi connectivity index (χ0) is 42.8. The van der Waals surface area contributed by atoms with Gasteiger partial charge in [-0.1, -0.05) is 0 Å². The minimum absolute atomic E-state index is 0.185. The van der Waals surface area contributed by atoms with Gasteiger partial charge in [-0.25, -0.2) is 0 Å². The van der Waals surface area contributed by atoms with Crippen molar-refractivity contribution >= 4 is 6.48 Å². The van der Waals surface area contributed by atoms with Crippen molar-refractivity contribution in [3.63, 3.8) is 0 Å². The molecule has 0 N–H and O–H groups in total. The van der Waals surface area contributed by atoms with E-state index in [-0.39, 0.29) is 10.8 Å². The molecule has 8 rings (SSSR count). The Labute approximate surface area is 356 Å². The van der Waals surface area contributed by atoms with E-state index in [1.807, 2.05) is 30.3 Å². The van der Waals surface area contributed by atoms with Crippen LogP contribution in [-0.2, 0) is 50.9 Å². The van der Waals surface area contributed by atoms with Crippen LogP contribution >= 0.6 is 0 Å². The molecule has 0 nitrogen and oxygen atoms in total. The molecule has 0 radical (unpaired) electrons. The number of alkyl halides is 6. The first-order chi connectivity index (χ1) is 28.3. The van der Waals surface area contributed by atoms with Gasteiger partial charge in [-0.05, 0) is 0 Å². The molecular formula is C53H46F6Zr. The first-order valence-corrected chi connectivity index (χ1v) is 23.9. The van der Waals surface area contributed by atoms with E-state index in [0.717, 1.165) is 55.3 Å². The summed E-state index contributed by atoms with van der Waals surface area (Å²) in [6, 6.07) is 38.3. The summed E-state index contributed by atoms with van der Waals surface area (Å²) in [5.41, 5.74) is 10.7. The first-order valence-electron chi connectivity index (χ1n) is 20.3. The summed E-state index contributed by atoms with van der Waals surface area (Å²) < 4.78 is 87.7. The van der Waals surface area contributed by atoms with Crippen LogP contribution in [0.25, 0.3) is 33.4 Å². The Balaban J connectivity index is 1.55. The van der Waals surface area contributed by atoms with Crippen molar-refractivity contribution in [1.29, 1.82) is 0 Å². The fraction of sp³-hybridized carbons (Fsp3) is 0.226. The Kier molecular flexibility index (Phi) is 10.8. The number of hydrogen-bond acceptors (Lipinski definition) is 0. The third-order valence-corrected chi connectivity index (χ3v) is 19.4. The van der Waals surface area contributed by atoms with Crippen LogP contribution in [0.4, 0.5) is 26.3 Å². The minimum atomic E-state index is -4.55. The Morgan fingerprint density at radius 1 is 0.533 bits per heavy atom. The third kappa shape index (κ3) is 8.03. The molecule has 2 aliphatic carbocycles. The second-order valence-corrected chi connectivity index (χ2v) is 23.8. The van der Waals surface area contributed by atoms with Crippen molar-refractivity contribution in [2.45, 2.75) is 77.6 Å². The second-order valence-electron chi connectivity index (χ2n) is 17.9. The van der Waals surface area contributed by atoms with Crippen molar-refractivity contribution in [3.05, 3.63) is 193 Å². The number of allylic oxidation sites excluding steroid dienone is 4. The molecule has 0 unspecified atom stereocenters. The molecule has 0 saturated carbocycles. The molecule has 0 fully saturated rings. The quantitative estimate of drug-likeness (QED) is 0.146. The van der Waals surface area contributed by atoms with Gasteiger partial charge in [0, 0.05) is 0 Å². The van der Waals surface area contributed by atoms with Gasteiger partial charge in [-0.15, -0.1) is 0 Å². The summed E-state index contributed by atoms with van der Waals surface area (Å²) in [6.07, 6.45) is -1.50. The zero-order valence-corrected chi connectivity index (χ0v) is 37.0. The van der Waals surface area contributed by atoms with E-state index in [1.54, 1.807) is 0 Å². The average Bonchev–Trinajstić information content (AvgIpc) is 3.87. The van der Waals surface area contributed by atoms with Crippen molar-refractivity contribution in [2.24, 2.45) is 0 Å².